The van der Waals surface area contributed by atoms with E-state index in [9.17, 15) is 4.79 Å². The van der Waals surface area contributed by atoms with Crippen molar-refractivity contribution in [3.63, 3.8) is 0 Å². The van der Waals surface area contributed by atoms with E-state index in [0.29, 0.717) is 18.5 Å². The van der Waals surface area contributed by atoms with Gasteiger partial charge in [0.2, 0.25) is 0 Å². The quantitative estimate of drug-likeness (QED) is 0.433. The first kappa shape index (κ1) is 8.17. The van der Waals surface area contributed by atoms with Crippen molar-refractivity contribution in [3.05, 3.63) is 12.2 Å². The first-order valence-corrected chi connectivity index (χ1v) is 2.68. The van der Waals surface area contributed by atoms with Gasteiger partial charge >= 0.3 is 5.97 Å². The molecule has 0 fully saturated rings. The van der Waals surface area contributed by atoms with E-state index in [1.165, 1.54) is 7.11 Å². The van der Waals surface area contributed by atoms with Gasteiger partial charge in [0.15, 0.2) is 0 Å². The second kappa shape index (κ2) is 4.09. The Balaban J connectivity index is 3.60. The third-order valence-corrected chi connectivity index (χ3v) is 0.920. The zero-order chi connectivity index (χ0) is 7.28. The van der Waals surface area contributed by atoms with Gasteiger partial charge < -0.3 is 10.5 Å². The molecule has 0 aromatic rings. The molecule has 3 heteroatoms. The topological polar surface area (TPSA) is 52.3 Å². The molecular formula is C6H11NO2. The number of carbonyl (C=O) groups is 1. The molecule has 0 unspecified atom stereocenters. The maximum absolute atomic E-state index is 10.5. The van der Waals surface area contributed by atoms with Crippen molar-refractivity contribution in [2.24, 2.45) is 5.73 Å². The molecule has 0 rings (SSSR count). The lowest BCUT2D eigenvalue weighted by molar-refractivity contribution is -0.136. The van der Waals surface area contributed by atoms with Crippen molar-refractivity contribution in [1.82, 2.24) is 0 Å². The Morgan fingerprint density at radius 2 is 2.33 bits per heavy atom. The summed E-state index contributed by atoms with van der Waals surface area (Å²) >= 11 is 0. The minimum atomic E-state index is -0.375. The van der Waals surface area contributed by atoms with Gasteiger partial charge in [0.05, 0.1) is 7.11 Å². The van der Waals surface area contributed by atoms with Crippen LogP contribution in [0.15, 0.2) is 12.2 Å². The van der Waals surface area contributed by atoms with Gasteiger partial charge in [-0.1, -0.05) is 6.58 Å². The van der Waals surface area contributed by atoms with Crippen molar-refractivity contribution in [3.8, 4) is 0 Å². The van der Waals surface area contributed by atoms with Crippen molar-refractivity contribution < 1.29 is 9.53 Å². The number of methoxy groups -OCH3 is 1. The lowest BCUT2D eigenvalue weighted by atomic mass is 10.2. The molecular weight excluding hydrogens is 118 g/mol. The normalized spacial score (nSPS) is 8.67. The molecule has 2 N–H and O–H groups in total. The molecule has 0 amide bonds. The van der Waals surface area contributed by atoms with E-state index in [4.69, 9.17) is 5.73 Å². The molecule has 0 heterocycles. The van der Waals surface area contributed by atoms with Gasteiger partial charge in [0, 0.05) is 5.57 Å². The minimum Gasteiger partial charge on any atom is -0.466 e. The number of esters is 1. The van der Waals surface area contributed by atoms with Crippen LogP contribution in [-0.2, 0) is 9.53 Å². The molecule has 52 valence electrons. The maximum atomic E-state index is 10.5. The van der Waals surface area contributed by atoms with Crippen LogP contribution in [0.5, 0.6) is 0 Å². The highest BCUT2D eigenvalue weighted by Crippen LogP contribution is 1.96. The molecule has 9 heavy (non-hydrogen) atoms. The van der Waals surface area contributed by atoms with Gasteiger partial charge in [0.25, 0.3) is 0 Å². The number of carbonyl (C=O) groups excluding carboxylic acids is 1. The van der Waals surface area contributed by atoms with Gasteiger partial charge in [-0.25, -0.2) is 4.79 Å². The highest BCUT2D eigenvalue weighted by Gasteiger charge is 2.02. The Labute approximate surface area is 54.5 Å². The number of rotatable bonds is 3. The van der Waals surface area contributed by atoms with E-state index in [2.05, 4.69) is 11.3 Å². The van der Waals surface area contributed by atoms with Crippen LogP contribution in [0, 0.1) is 0 Å². The van der Waals surface area contributed by atoms with Crippen molar-refractivity contribution in [2.45, 2.75) is 6.42 Å². The number of hydrogen-bond donors (Lipinski definition) is 1. The zero-order valence-electron chi connectivity index (χ0n) is 5.52. The Bertz CT molecular complexity index is 120. The molecule has 3 nitrogen and oxygen atoms in total. The Morgan fingerprint density at radius 1 is 1.78 bits per heavy atom. The van der Waals surface area contributed by atoms with Gasteiger partial charge in [-0.05, 0) is 13.0 Å². The predicted octanol–water partition coefficient (Wildman–Crippen LogP) is 0.0644. The van der Waals surface area contributed by atoms with E-state index in [1.807, 2.05) is 0 Å². The molecule has 0 saturated carbocycles. The Kier molecular flexibility index (Phi) is 3.71. The smallest absolute Gasteiger partial charge is 0.333 e. The first-order chi connectivity index (χ1) is 4.22. The number of hydrogen-bond acceptors (Lipinski definition) is 3. The molecule has 0 bridgehead atoms. The molecule has 0 aliphatic carbocycles. The summed E-state index contributed by atoms with van der Waals surface area (Å²) in [6, 6.07) is 0. The third-order valence-electron chi connectivity index (χ3n) is 0.920. The van der Waals surface area contributed by atoms with Gasteiger partial charge in [0.1, 0.15) is 0 Å². The van der Waals surface area contributed by atoms with Crippen LogP contribution in [0.3, 0.4) is 0 Å². The van der Waals surface area contributed by atoms with Crippen molar-refractivity contribution in [2.75, 3.05) is 13.7 Å². The number of ether oxygens (including phenoxy) is 1. The molecule has 0 aliphatic heterocycles. The van der Waals surface area contributed by atoms with E-state index >= 15 is 0 Å². The minimum absolute atomic E-state index is 0.375. The third kappa shape index (κ3) is 2.87. The van der Waals surface area contributed by atoms with Gasteiger partial charge in [-0.15, -0.1) is 0 Å². The lowest BCUT2D eigenvalue weighted by Crippen LogP contribution is -2.08. The van der Waals surface area contributed by atoms with Gasteiger partial charge in [-0.3, -0.25) is 0 Å². The van der Waals surface area contributed by atoms with Gasteiger partial charge in [-0.2, -0.15) is 0 Å². The summed E-state index contributed by atoms with van der Waals surface area (Å²) < 4.78 is 4.37. The largest absolute Gasteiger partial charge is 0.466 e. The fourth-order valence-electron chi connectivity index (χ4n) is 0.421. The Morgan fingerprint density at radius 3 is 2.67 bits per heavy atom. The highest BCUT2D eigenvalue weighted by atomic mass is 16.5. The van der Waals surface area contributed by atoms with Crippen LogP contribution < -0.4 is 5.73 Å². The summed E-state index contributed by atoms with van der Waals surface area (Å²) in [5, 5.41) is 0. The molecule has 0 saturated heterocycles. The summed E-state index contributed by atoms with van der Waals surface area (Å²) in [6.07, 6.45) is 0.507. The van der Waals surface area contributed by atoms with Crippen LogP contribution in [-0.4, -0.2) is 19.6 Å². The second-order valence-electron chi connectivity index (χ2n) is 1.63. The van der Waals surface area contributed by atoms with E-state index in [0.717, 1.165) is 0 Å². The maximum Gasteiger partial charge on any atom is 0.333 e. The van der Waals surface area contributed by atoms with E-state index in [-0.39, 0.29) is 5.97 Å². The average Bonchev–Trinajstić information content (AvgIpc) is 1.87. The standard InChI is InChI=1S/C6H11NO2/c1-5(3-4-7)6(8)9-2/h1,3-4,7H2,2H3. The summed E-state index contributed by atoms with van der Waals surface area (Å²) in [4.78, 5) is 10.5. The van der Waals surface area contributed by atoms with Crippen LogP contribution in [0.4, 0.5) is 0 Å². The zero-order valence-corrected chi connectivity index (χ0v) is 5.52. The van der Waals surface area contributed by atoms with E-state index in [1.54, 1.807) is 0 Å². The van der Waals surface area contributed by atoms with Crippen molar-refractivity contribution in [1.29, 1.82) is 0 Å². The predicted molar refractivity (Wildman–Crippen MR) is 34.8 cm³/mol. The summed E-state index contributed by atoms with van der Waals surface area (Å²) in [5.74, 6) is -0.375. The summed E-state index contributed by atoms with van der Waals surface area (Å²) in [6.45, 7) is 3.90. The molecule has 0 aromatic heterocycles. The fourth-order valence-corrected chi connectivity index (χ4v) is 0.421. The summed E-state index contributed by atoms with van der Waals surface area (Å²) in [7, 11) is 1.32. The monoisotopic (exact) mass is 129 g/mol. The van der Waals surface area contributed by atoms with Crippen LogP contribution >= 0.6 is 0 Å². The number of nitrogens with two attached hydrogens (primary N) is 1. The molecule has 0 radical (unpaired) electrons. The Hall–Kier alpha value is -0.830. The van der Waals surface area contributed by atoms with Crippen LogP contribution in [0.1, 0.15) is 6.42 Å². The lowest BCUT2D eigenvalue weighted by Gasteiger charge is -1.98. The SMILES string of the molecule is C=C(CCN)C(=O)OC. The van der Waals surface area contributed by atoms with Crippen molar-refractivity contribution >= 4 is 5.97 Å². The fraction of sp³-hybridized carbons (Fsp3) is 0.500. The molecule has 0 aliphatic rings. The van der Waals surface area contributed by atoms with Crippen LogP contribution in [0.2, 0.25) is 0 Å². The van der Waals surface area contributed by atoms with Crippen LogP contribution in [0.25, 0.3) is 0 Å². The molecule has 0 atom stereocenters. The summed E-state index contributed by atoms with van der Waals surface area (Å²) in [5.41, 5.74) is 5.58. The average molecular weight is 129 g/mol. The molecule has 0 aromatic carbocycles. The highest BCUT2D eigenvalue weighted by molar-refractivity contribution is 5.87. The molecule has 0 spiro atoms. The first-order valence-electron chi connectivity index (χ1n) is 2.68. The van der Waals surface area contributed by atoms with E-state index < -0.39 is 0 Å². The second-order valence-corrected chi connectivity index (χ2v) is 1.63.